The van der Waals surface area contributed by atoms with Gasteiger partial charge < -0.3 is 10.5 Å². The Hall–Kier alpha value is -0.540. The fraction of sp³-hybridized carbons (Fsp3) is 0.600. The predicted molar refractivity (Wildman–Crippen MR) is 81.0 cm³/mol. The van der Waals surface area contributed by atoms with Crippen molar-refractivity contribution in [2.45, 2.75) is 52.0 Å². The average Bonchev–Trinajstić information content (AvgIpc) is 2.33. The Morgan fingerprint density at radius 2 is 1.94 bits per heavy atom. The highest BCUT2D eigenvalue weighted by atomic mass is 79.9. The van der Waals surface area contributed by atoms with Gasteiger partial charge in [-0.05, 0) is 31.0 Å². The summed E-state index contributed by atoms with van der Waals surface area (Å²) in [6.07, 6.45) is 6.31. The standard InChI is InChI=1S/C15H24BrNO/c1-3-4-5-6-7-10-18-13-8-9-14(12(2)17)15(16)11-13/h8-9,11-12H,3-7,10,17H2,1-2H3. The second kappa shape index (κ2) is 8.54. The number of benzene rings is 1. The maximum atomic E-state index is 5.86. The molecule has 0 radical (unpaired) electrons. The first-order chi connectivity index (χ1) is 8.65. The average molecular weight is 314 g/mol. The van der Waals surface area contributed by atoms with E-state index in [-0.39, 0.29) is 6.04 Å². The molecule has 0 aliphatic rings. The van der Waals surface area contributed by atoms with Gasteiger partial charge >= 0.3 is 0 Å². The molecule has 0 aliphatic heterocycles. The van der Waals surface area contributed by atoms with Crippen LogP contribution in [0.1, 0.15) is 57.6 Å². The van der Waals surface area contributed by atoms with Crippen molar-refractivity contribution in [2.75, 3.05) is 6.61 Å². The maximum absolute atomic E-state index is 5.86. The van der Waals surface area contributed by atoms with Gasteiger partial charge in [0.05, 0.1) is 6.61 Å². The van der Waals surface area contributed by atoms with Gasteiger partial charge in [0.2, 0.25) is 0 Å². The normalized spacial score (nSPS) is 12.4. The third-order valence-corrected chi connectivity index (χ3v) is 3.67. The summed E-state index contributed by atoms with van der Waals surface area (Å²) in [4.78, 5) is 0. The lowest BCUT2D eigenvalue weighted by Gasteiger charge is -2.11. The summed E-state index contributed by atoms with van der Waals surface area (Å²) in [6.45, 7) is 5.01. The van der Waals surface area contributed by atoms with Crippen LogP contribution in [0.5, 0.6) is 5.75 Å². The van der Waals surface area contributed by atoms with Crippen LogP contribution in [0.3, 0.4) is 0 Å². The first-order valence-electron chi connectivity index (χ1n) is 6.83. The summed E-state index contributed by atoms with van der Waals surface area (Å²) in [5, 5.41) is 0. The molecule has 0 bridgehead atoms. The number of hydrogen-bond acceptors (Lipinski definition) is 2. The minimum absolute atomic E-state index is 0.0440. The third-order valence-electron chi connectivity index (χ3n) is 2.98. The molecule has 1 rings (SSSR count). The van der Waals surface area contributed by atoms with Gasteiger partial charge in [0.1, 0.15) is 5.75 Å². The monoisotopic (exact) mass is 313 g/mol. The van der Waals surface area contributed by atoms with Gasteiger partial charge in [-0.15, -0.1) is 0 Å². The molecule has 3 heteroatoms. The lowest BCUT2D eigenvalue weighted by atomic mass is 10.1. The molecule has 0 aromatic heterocycles. The fourth-order valence-corrected chi connectivity index (χ4v) is 2.58. The van der Waals surface area contributed by atoms with Crippen LogP contribution in [-0.4, -0.2) is 6.61 Å². The Kier molecular flexibility index (Phi) is 7.36. The molecule has 0 fully saturated rings. The van der Waals surface area contributed by atoms with E-state index in [1.807, 2.05) is 25.1 Å². The van der Waals surface area contributed by atoms with E-state index in [0.717, 1.165) is 28.8 Å². The zero-order chi connectivity index (χ0) is 13.4. The van der Waals surface area contributed by atoms with Crippen LogP contribution in [0.15, 0.2) is 22.7 Å². The first kappa shape index (κ1) is 15.5. The molecule has 1 aromatic rings. The van der Waals surface area contributed by atoms with Crippen LogP contribution in [0.2, 0.25) is 0 Å². The molecule has 2 nitrogen and oxygen atoms in total. The number of ether oxygens (including phenoxy) is 1. The Bertz CT molecular complexity index is 352. The summed E-state index contributed by atoms with van der Waals surface area (Å²) >= 11 is 3.53. The SMILES string of the molecule is CCCCCCCOc1ccc(C(C)N)c(Br)c1. The summed E-state index contributed by atoms with van der Waals surface area (Å²) in [5.41, 5.74) is 6.98. The number of halogens is 1. The summed E-state index contributed by atoms with van der Waals surface area (Å²) in [6, 6.07) is 6.07. The number of unbranched alkanes of at least 4 members (excludes halogenated alkanes) is 4. The smallest absolute Gasteiger partial charge is 0.120 e. The minimum atomic E-state index is 0.0440. The van der Waals surface area contributed by atoms with Gasteiger partial charge in [-0.2, -0.15) is 0 Å². The Balaban J connectivity index is 2.33. The van der Waals surface area contributed by atoms with Crippen LogP contribution in [0, 0.1) is 0 Å². The van der Waals surface area contributed by atoms with Crippen molar-refractivity contribution in [1.82, 2.24) is 0 Å². The highest BCUT2D eigenvalue weighted by Crippen LogP contribution is 2.26. The van der Waals surface area contributed by atoms with Crippen LogP contribution in [-0.2, 0) is 0 Å². The zero-order valence-corrected chi connectivity index (χ0v) is 13.0. The van der Waals surface area contributed by atoms with Gasteiger partial charge in [-0.3, -0.25) is 0 Å². The van der Waals surface area contributed by atoms with E-state index in [1.165, 1.54) is 25.7 Å². The minimum Gasteiger partial charge on any atom is -0.494 e. The summed E-state index contributed by atoms with van der Waals surface area (Å²) in [7, 11) is 0. The van der Waals surface area contributed by atoms with Crippen LogP contribution >= 0.6 is 15.9 Å². The number of nitrogens with two attached hydrogens (primary N) is 1. The van der Waals surface area contributed by atoms with Crippen molar-refractivity contribution in [1.29, 1.82) is 0 Å². The highest BCUT2D eigenvalue weighted by molar-refractivity contribution is 9.10. The van der Waals surface area contributed by atoms with E-state index in [2.05, 4.69) is 22.9 Å². The highest BCUT2D eigenvalue weighted by Gasteiger charge is 2.05. The van der Waals surface area contributed by atoms with Crippen molar-refractivity contribution in [3.05, 3.63) is 28.2 Å². The Morgan fingerprint density at radius 3 is 2.56 bits per heavy atom. The predicted octanol–water partition coefficient (Wildman–Crippen LogP) is 4.82. The maximum Gasteiger partial charge on any atom is 0.120 e. The van der Waals surface area contributed by atoms with Crippen molar-refractivity contribution in [2.24, 2.45) is 5.73 Å². The lowest BCUT2D eigenvalue weighted by Crippen LogP contribution is -2.06. The van der Waals surface area contributed by atoms with Gasteiger partial charge in [0.15, 0.2) is 0 Å². The van der Waals surface area contributed by atoms with E-state index >= 15 is 0 Å². The summed E-state index contributed by atoms with van der Waals surface area (Å²) in [5.74, 6) is 0.918. The molecule has 2 N–H and O–H groups in total. The largest absolute Gasteiger partial charge is 0.494 e. The molecule has 1 aromatic carbocycles. The zero-order valence-electron chi connectivity index (χ0n) is 11.4. The molecule has 0 spiro atoms. The quantitative estimate of drug-likeness (QED) is 0.698. The molecule has 1 atom stereocenters. The second-order valence-corrected chi connectivity index (χ2v) is 5.59. The topological polar surface area (TPSA) is 35.2 Å². The number of hydrogen-bond donors (Lipinski definition) is 1. The molecule has 0 aliphatic carbocycles. The third kappa shape index (κ3) is 5.40. The molecule has 0 amide bonds. The van der Waals surface area contributed by atoms with Crippen molar-refractivity contribution < 1.29 is 4.74 Å². The van der Waals surface area contributed by atoms with Crippen molar-refractivity contribution in [3.8, 4) is 5.75 Å². The van der Waals surface area contributed by atoms with E-state index in [4.69, 9.17) is 10.5 Å². The van der Waals surface area contributed by atoms with Crippen LogP contribution in [0.4, 0.5) is 0 Å². The molecule has 0 heterocycles. The van der Waals surface area contributed by atoms with Gasteiger partial charge in [0.25, 0.3) is 0 Å². The lowest BCUT2D eigenvalue weighted by molar-refractivity contribution is 0.304. The summed E-state index contributed by atoms with van der Waals surface area (Å²) < 4.78 is 6.76. The van der Waals surface area contributed by atoms with E-state index in [0.29, 0.717) is 0 Å². The van der Waals surface area contributed by atoms with Gasteiger partial charge in [-0.1, -0.05) is 54.6 Å². The molecular weight excluding hydrogens is 290 g/mol. The number of rotatable bonds is 8. The van der Waals surface area contributed by atoms with E-state index in [9.17, 15) is 0 Å². The molecule has 0 saturated heterocycles. The molecule has 102 valence electrons. The van der Waals surface area contributed by atoms with Gasteiger partial charge in [-0.25, -0.2) is 0 Å². The Morgan fingerprint density at radius 1 is 1.22 bits per heavy atom. The van der Waals surface area contributed by atoms with E-state index < -0.39 is 0 Å². The molecular formula is C15H24BrNO. The van der Waals surface area contributed by atoms with Crippen LogP contribution < -0.4 is 10.5 Å². The second-order valence-electron chi connectivity index (χ2n) is 4.73. The van der Waals surface area contributed by atoms with Crippen molar-refractivity contribution in [3.63, 3.8) is 0 Å². The first-order valence-corrected chi connectivity index (χ1v) is 7.62. The fourth-order valence-electron chi connectivity index (χ4n) is 1.86. The van der Waals surface area contributed by atoms with E-state index in [1.54, 1.807) is 0 Å². The van der Waals surface area contributed by atoms with Crippen molar-refractivity contribution >= 4 is 15.9 Å². The van der Waals surface area contributed by atoms with Crippen LogP contribution in [0.25, 0.3) is 0 Å². The molecule has 0 saturated carbocycles. The Labute approximate surface area is 119 Å². The molecule has 18 heavy (non-hydrogen) atoms. The van der Waals surface area contributed by atoms with Gasteiger partial charge in [0, 0.05) is 10.5 Å². The molecule has 1 unspecified atom stereocenters.